The van der Waals surface area contributed by atoms with Gasteiger partial charge in [0.2, 0.25) is 5.91 Å². The van der Waals surface area contributed by atoms with Crippen molar-refractivity contribution in [2.24, 2.45) is 0 Å². The number of aliphatic carboxylic acids is 1. The number of carboxylic acid groups (broad SMARTS) is 1. The number of ether oxygens (including phenoxy) is 2. The van der Waals surface area contributed by atoms with Gasteiger partial charge in [0.25, 0.3) is 0 Å². The van der Waals surface area contributed by atoms with E-state index in [1.165, 1.54) is 44.6 Å². The van der Waals surface area contributed by atoms with E-state index in [-0.39, 0.29) is 28.9 Å². The third-order valence-corrected chi connectivity index (χ3v) is 4.91. The van der Waals surface area contributed by atoms with Crippen LogP contribution < -0.4 is 20.4 Å². The Morgan fingerprint density at radius 1 is 1.10 bits per heavy atom. The van der Waals surface area contributed by atoms with E-state index in [4.69, 9.17) is 13.9 Å². The number of hydrogen-bond donors (Lipinski definition) is 3. The number of phenolic OH excluding ortho intramolecular Hbond substituents is 1. The van der Waals surface area contributed by atoms with Crippen LogP contribution in [0.15, 0.2) is 45.6 Å². The summed E-state index contributed by atoms with van der Waals surface area (Å²) in [5.41, 5.74) is 0.462. The van der Waals surface area contributed by atoms with Crippen LogP contribution in [-0.2, 0) is 16.0 Å². The van der Waals surface area contributed by atoms with Crippen LogP contribution >= 0.6 is 0 Å². The van der Waals surface area contributed by atoms with Gasteiger partial charge in [0, 0.05) is 11.5 Å². The molecule has 2 aromatic carbocycles. The van der Waals surface area contributed by atoms with Crippen molar-refractivity contribution < 1.29 is 33.7 Å². The van der Waals surface area contributed by atoms with E-state index in [0.717, 1.165) is 0 Å². The van der Waals surface area contributed by atoms with Crippen molar-refractivity contribution in [1.29, 1.82) is 0 Å². The molecule has 3 N–H and O–H groups in total. The number of methoxy groups -OCH3 is 2. The van der Waals surface area contributed by atoms with Crippen LogP contribution in [-0.4, -0.2) is 36.3 Å². The van der Waals surface area contributed by atoms with E-state index in [9.17, 15) is 24.6 Å². The van der Waals surface area contributed by atoms with Crippen LogP contribution in [0.1, 0.15) is 22.7 Å². The van der Waals surface area contributed by atoms with E-state index < -0.39 is 23.5 Å². The van der Waals surface area contributed by atoms with Gasteiger partial charge in [-0.2, -0.15) is 0 Å². The fraction of sp³-hybridized carbons (Fsp3) is 0.227. The summed E-state index contributed by atoms with van der Waals surface area (Å²) in [5, 5.41) is 21.8. The van der Waals surface area contributed by atoms with Gasteiger partial charge in [0.05, 0.1) is 26.2 Å². The van der Waals surface area contributed by atoms with Crippen LogP contribution in [0.3, 0.4) is 0 Å². The Bertz CT molecular complexity index is 1200. The number of rotatable bonds is 7. The van der Waals surface area contributed by atoms with Gasteiger partial charge in [-0.25, -0.2) is 9.59 Å². The van der Waals surface area contributed by atoms with Gasteiger partial charge in [0.1, 0.15) is 11.3 Å². The molecule has 9 heteroatoms. The molecule has 0 spiro atoms. The summed E-state index contributed by atoms with van der Waals surface area (Å²) in [4.78, 5) is 36.7. The predicted octanol–water partition coefficient (Wildman–Crippen LogP) is 2.31. The predicted molar refractivity (Wildman–Crippen MR) is 111 cm³/mol. The zero-order valence-electron chi connectivity index (χ0n) is 17.1. The molecular weight excluding hydrogens is 406 g/mol. The summed E-state index contributed by atoms with van der Waals surface area (Å²) in [5.74, 6) is -1.16. The Morgan fingerprint density at radius 3 is 2.29 bits per heavy atom. The van der Waals surface area contributed by atoms with E-state index in [1.807, 2.05) is 0 Å². The highest BCUT2D eigenvalue weighted by Gasteiger charge is 2.24. The molecule has 1 unspecified atom stereocenters. The number of fused-ring (bicyclic) bond motifs is 1. The molecule has 1 heterocycles. The highest BCUT2D eigenvalue weighted by molar-refractivity contribution is 5.88. The first kappa shape index (κ1) is 21.7. The van der Waals surface area contributed by atoms with E-state index in [0.29, 0.717) is 22.4 Å². The number of benzene rings is 2. The van der Waals surface area contributed by atoms with E-state index >= 15 is 0 Å². The van der Waals surface area contributed by atoms with Crippen molar-refractivity contribution in [3.63, 3.8) is 0 Å². The van der Waals surface area contributed by atoms with Gasteiger partial charge in [-0.15, -0.1) is 0 Å². The molecule has 0 aliphatic heterocycles. The van der Waals surface area contributed by atoms with Crippen LogP contribution in [0, 0.1) is 6.92 Å². The largest absolute Gasteiger partial charge is 0.508 e. The quantitative estimate of drug-likeness (QED) is 0.489. The summed E-state index contributed by atoms with van der Waals surface area (Å²) in [6.45, 7) is 1.67. The van der Waals surface area contributed by atoms with Gasteiger partial charge in [-0.1, -0.05) is 12.1 Å². The average Bonchev–Trinajstić information content (AvgIpc) is 2.74. The maximum Gasteiger partial charge on any atom is 0.340 e. The number of aryl methyl sites for hydroxylation is 1. The summed E-state index contributed by atoms with van der Waals surface area (Å²) in [6.07, 6.45) is -0.375. The topological polar surface area (TPSA) is 135 Å². The Kier molecular flexibility index (Phi) is 6.15. The molecule has 3 rings (SSSR count). The molecule has 0 aliphatic rings. The summed E-state index contributed by atoms with van der Waals surface area (Å²) in [6, 6.07) is 7.25. The molecule has 1 aromatic heterocycles. The van der Waals surface area contributed by atoms with Crippen molar-refractivity contribution in [2.45, 2.75) is 19.4 Å². The summed E-state index contributed by atoms with van der Waals surface area (Å²) < 4.78 is 15.8. The van der Waals surface area contributed by atoms with Gasteiger partial charge >= 0.3 is 11.6 Å². The minimum atomic E-state index is -1.34. The molecule has 0 bridgehead atoms. The molecule has 3 aromatic rings. The van der Waals surface area contributed by atoms with E-state index in [1.54, 1.807) is 13.0 Å². The molecule has 1 atom stereocenters. The Labute approximate surface area is 176 Å². The first-order chi connectivity index (χ1) is 14.7. The lowest BCUT2D eigenvalue weighted by Gasteiger charge is -2.16. The zero-order chi connectivity index (χ0) is 22.7. The third kappa shape index (κ3) is 4.45. The van der Waals surface area contributed by atoms with Crippen LogP contribution in [0.25, 0.3) is 11.0 Å². The first-order valence-corrected chi connectivity index (χ1v) is 9.24. The van der Waals surface area contributed by atoms with Gasteiger partial charge < -0.3 is 29.4 Å². The molecule has 0 fully saturated rings. The normalized spacial score (nSPS) is 11.7. The van der Waals surface area contributed by atoms with Crippen molar-refractivity contribution in [2.75, 3.05) is 14.2 Å². The minimum absolute atomic E-state index is 0.0318. The Morgan fingerprint density at radius 2 is 1.71 bits per heavy atom. The second-order valence-electron chi connectivity index (χ2n) is 6.80. The van der Waals surface area contributed by atoms with Crippen molar-refractivity contribution in [1.82, 2.24) is 5.32 Å². The average molecular weight is 427 g/mol. The summed E-state index contributed by atoms with van der Waals surface area (Å²) in [7, 11) is 2.93. The zero-order valence-corrected chi connectivity index (χ0v) is 17.1. The molecule has 9 nitrogen and oxygen atoms in total. The van der Waals surface area contributed by atoms with Crippen molar-refractivity contribution in [3.05, 3.63) is 63.5 Å². The number of amides is 1. The third-order valence-electron chi connectivity index (χ3n) is 4.91. The Hall–Kier alpha value is -4.01. The number of aromatic hydroxyl groups is 1. The Balaban J connectivity index is 1.92. The monoisotopic (exact) mass is 427 g/mol. The van der Waals surface area contributed by atoms with Crippen LogP contribution in [0.2, 0.25) is 0 Å². The number of hydrogen-bond acceptors (Lipinski definition) is 7. The van der Waals surface area contributed by atoms with Gasteiger partial charge in [-0.05, 0) is 36.2 Å². The lowest BCUT2D eigenvalue weighted by atomic mass is 10.0. The lowest BCUT2D eigenvalue weighted by molar-refractivity contribution is -0.142. The first-order valence-electron chi connectivity index (χ1n) is 9.24. The molecule has 0 saturated heterocycles. The second-order valence-corrected chi connectivity index (χ2v) is 6.80. The van der Waals surface area contributed by atoms with Crippen LogP contribution in [0.4, 0.5) is 0 Å². The summed E-state index contributed by atoms with van der Waals surface area (Å²) >= 11 is 0. The highest BCUT2D eigenvalue weighted by atomic mass is 16.5. The number of nitrogens with one attached hydrogen (secondary N) is 1. The van der Waals surface area contributed by atoms with Gasteiger partial charge in [0.15, 0.2) is 17.5 Å². The number of carboxylic acids is 1. The van der Waals surface area contributed by atoms with Crippen LogP contribution in [0.5, 0.6) is 17.2 Å². The SMILES string of the molecule is COc1cc2oc(=O)c(CC(=O)NC(C(=O)O)c3ccc(O)cc3)c(C)c2cc1OC. The molecule has 1 amide bonds. The molecule has 31 heavy (non-hydrogen) atoms. The fourth-order valence-electron chi connectivity index (χ4n) is 3.25. The lowest BCUT2D eigenvalue weighted by Crippen LogP contribution is -2.35. The maximum atomic E-state index is 12.6. The highest BCUT2D eigenvalue weighted by Crippen LogP contribution is 2.33. The minimum Gasteiger partial charge on any atom is -0.508 e. The number of phenols is 1. The van der Waals surface area contributed by atoms with Gasteiger partial charge in [-0.3, -0.25) is 4.79 Å². The maximum absolute atomic E-state index is 12.6. The number of carbonyl (C=O) groups is 2. The van der Waals surface area contributed by atoms with Crippen molar-refractivity contribution >= 4 is 22.8 Å². The molecule has 0 saturated carbocycles. The number of carbonyl (C=O) groups excluding carboxylic acids is 1. The van der Waals surface area contributed by atoms with Crippen molar-refractivity contribution in [3.8, 4) is 17.2 Å². The molecule has 0 aliphatic carbocycles. The smallest absolute Gasteiger partial charge is 0.340 e. The molecule has 162 valence electrons. The standard InChI is InChI=1S/C22H21NO8/c1-11-14-8-17(29-2)18(30-3)10-16(14)31-22(28)15(11)9-19(25)23-20(21(26)27)12-4-6-13(24)7-5-12/h4-8,10,20,24H,9H2,1-3H3,(H,23,25)(H,26,27). The van der Waals surface area contributed by atoms with E-state index in [2.05, 4.69) is 5.32 Å². The molecular formula is C22H21NO8. The molecule has 0 radical (unpaired) electrons. The fourth-order valence-corrected chi connectivity index (χ4v) is 3.25. The second kappa shape index (κ2) is 8.78.